The summed E-state index contributed by atoms with van der Waals surface area (Å²) in [6.45, 7) is 2.11. The highest BCUT2D eigenvalue weighted by molar-refractivity contribution is 5.97. The van der Waals surface area contributed by atoms with E-state index >= 15 is 0 Å². The van der Waals surface area contributed by atoms with Crippen LogP contribution in [0.3, 0.4) is 0 Å². The Kier molecular flexibility index (Phi) is 3.51. The van der Waals surface area contributed by atoms with Gasteiger partial charge in [-0.25, -0.2) is 4.98 Å². The molecule has 2 heteroatoms. The molecule has 1 heterocycles. The quantitative estimate of drug-likeness (QED) is 0.499. The minimum absolute atomic E-state index is 0.762. The fraction of sp³-hybridized carbons (Fsp3) is 0.0455. The van der Waals surface area contributed by atoms with Crippen molar-refractivity contribution in [2.75, 3.05) is 5.73 Å². The lowest BCUT2D eigenvalue weighted by Gasteiger charge is -2.11. The van der Waals surface area contributed by atoms with Crippen molar-refractivity contribution < 1.29 is 0 Å². The van der Waals surface area contributed by atoms with Gasteiger partial charge in [-0.2, -0.15) is 0 Å². The van der Waals surface area contributed by atoms with E-state index in [-0.39, 0.29) is 0 Å². The summed E-state index contributed by atoms with van der Waals surface area (Å²) in [5, 5.41) is 1.18. The number of nitrogen functional groups attached to an aromatic ring is 1. The molecule has 4 rings (SSSR count). The SMILES string of the molecule is Cc1ccc2nc(-c3ccc(N)cc3)cc(-c3ccccc3)c2c1. The molecule has 2 N–H and O–H groups in total. The summed E-state index contributed by atoms with van der Waals surface area (Å²) < 4.78 is 0. The van der Waals surface area contributed by atoms with Gasteiger partial charge in [0.05, 0.1) is 11.2 Å². The van der Waals surface area contributed by atoms with Crippen LogP contribution in [0.2, 0.25) is 0 Å². The van der Waals surface area contributed by atoms with Crippen LogP contribution in [0.1, 0.15) is 5.56 Å². The van der Waals surface area contributed by atoms with E-state index in [1.54, 1.807) is 0 Å². The number of pyridine rings is 1. The number of nitrogens with zero attached hydrogens (tertiary/aromatic N) is 1. The molecule has 0 aliphatic heterocycles. The number of fused-ring (bicyclic) bond motifs is 1. The van der Waals surface area contributed by atoms with Gasteiger partial charge in [-0.15, -0.1) is 0 Å². The predicted molar refractivity (Wildman–Crippen MR) is 102 cm³/mol. The van der Waals surface area contributed by atoms with Crippen LogP contribution >= 0.6 is 0 Å². The van der Waals surface area contributed by atoms with Crippen LogP contribution in [0.25, 0.3) is 33.3 Å². The Morgan fingerprint density at radius 2 is 1.50 bits per heavy atom. The van der Waals surface area contributed by atoms with Crippen molar-refractivity contribution in [3.05, 3.63) is 84.4 Å². The largest absolute Gasteiger partial charge is 0.399 e. The van der Waals surface area contributed by atoms with E-state index in [1.807, 2.05) is 30.3 Å². The average Bonchev–Trinajstić information content (AvgIpc) is 2.62. The molecule has 0 bridgehead atoms. The molecule has 0 atom stereocenters. The number of aryl methyl sites for hydroxylation is 1. The van der Waals surface area contributed by atoms with E-state index in [0.717, 1.165) is 22.5 Å². The second-order valence-electron chi connectivity index (χ2n) is 6.06. The van der Waals surface area contributed by atoms with Gasteiger partial charge in [-0.05, 0) is 48.4 Å². The standard InChI is InChI=1S/C22H18N2/c1-15-7-12-21-20(13-15)19(16-5-3-2-4-6-16)14-22(24-21)17-8-10-18(23)11-9-17/h2-14H,23H2,1H3. The van der Waals surface area contributed by atoms with Gasteiger partial charge in [0.1, 0.15) is 0 Å². The van der Waals surface area contributed by atoms with Gasteiger partial charge in [0.2, 0.25) is 0 Å². The van der Waals surface area contributed by atoms with Crippen molar-refractivity contribution in [2.24, 2.45) is 0 Å². The molecule has 0 fully saturated rings. The van der Waals surface area contributed by atoms with Crippen molar-refractivity contribution in [3.63, 3.8) is 0 Å². The second-order valence-corrected chi connectivity index (χ2v) is 6.06. The summed E-state index contributed by atoms with van der Waals surface area (Å²) in [7, 11) is 0. The molecule has 0 spiro atoms. The van der Waals surface area contributed by atoms with E-state index in [4.69, 9.17) is 10.7 Å². The fourth-order valence-corrected chi connectivity index (χ4v) is 3.00. The van der Waals surface area contributed by atoms with Crippen LogP contribution in [0, 0.1) is 6.92 Å². The maximum Gasteiger partial charge on any atom is 0.0715 e. The van der Waals surface area contributed by atoms with Gasteiger partial charge in [-0.3, -0.25) is 0 Å². The van der Waals surface area contributed by atoms with Crippen LogP contribution in [-0.2, 0) is 0 Å². The van der Waals surface area contributed by atoms with Crippen LogP contribution < -0.4 is 5.73 Å². The number of rotatable bonds is 2. The fourth-order valence-electron chi connectivity index (χ4n) is 3.00. The molecule has 0 saturated heterocycles. The summed E-state index contributed by atoms with van der Waals surface area (Å²) >= 11 is 0. The highest BCUT2D eigenvalue weighted by Gasteiger charge is 2.09. The van der Waals surface area contributed by atoms with E-state index in [0.29, 0.717) is 0 Å². The number of benzene rings is 3. The van der Waals surface area contributed by atoms with Gasteiger partial charge in [0.25, 0.3) is 0 Å². The second kappa shape index (κ2) is 5.82. The topological polar surface area (TPSA) is 38.9 Å². The van der Waals surface area contributed by atoms with Crippen LogP contribution in [0.15, 0.2) is 78.9 Å². The number of hydrogen-bond acceptors (Lipinski definition) is 2. The van der Waals surface area contributed by atoms with Crippen molar-refractivity contribution in [1.82, 2.24) is 4.98 Å². The van der Waals surface area contributed by atoms with Crippen LogP contribution in [0.5, 0.6) is 0 Å². The smallest absolute Gasteiger partial charge is 0.0715 e. The molecule has 1 aromatic heterocycles. The van der Waals surface area contributed by atoms with Gasteiger partial charge in [-0.1, -0.05) is 54.1 Å². The number of aromatic nitrogens is 1. The average molecular weight is 310 g/mol. The molecular weight excluding hydrogens is 292 g/mol. The van der Waals surface area contributed by atoms with Gasteiger partial charge in [0, 0.05) is 16.6 Å². The predicted octanol–water partition coefficient (Wildman–Crippen LogP) is 5.46. The van der Waals surface area contributed by atoms with Crippen LogP contribution in [0.4, 0.5) is 5.69 Å². The first-order valence-electron chi connectivity index (χ1n) is 8.03. The normalized spacial score (nSPS) is 10.9. The number of anilines is 1. The molecule has 0 aliphatic carbocycles. The Labute approximate surface area is 141 Å². The summed E-state index contributed by atoms with van der Waals surface area (Å²) in [6, 6.07) is 26.9. The van der Waals surface area contributed by atoms with Crippen LogP contribution in [-0.4, -0.2) is 4.98 Å². The number of nitrogens with two attached hydrogens (primary N) is 1. The molecule has 0 amide bonds. The van der Waals surface area contributed by atoms with E-state index in [9.17, 15) is 0 Å². The molecule has 0 saturated carbocycles. The lowest BCUT2D eigenvalue weighted by Crippen LogP contribution is -1.91. The Hall–Kier alpha value is -3.13. The number of hydrogen-bond donors (Lipinski definition) is 1. The highest BCUT2D eigenvalue weighted by atomic mass is 14.7. The van der Waals surface area contributed by atoms with Gasteiger partial charge >= 0.3 is 0 Å². The molecule has 3 aromatic carbocycles. The van der Waals surface area contributed by atoms with E-state index in [1.165, 1.54) is 22.1 Å². The third-order valence-corrected chi connectivity index (χ3v) is 4.26. The lowest BCUT2D eigenvalue weighted by molar-refractivity contribution is 1.38. The summed E-state index contributed by atoms with van der Waals surface area (Å²) in [6.07, 6.45) is 0. The third kappa shape index (κ3) is 2.63. The molecule has 24 heavy (non-hydrogen) atoms. The molecule has 0 aliphatic rings. The Morgan fingerprint density at radius 1 is 0.750 bits per heavy atom. The minimum atomic E-state index is 0.762. The molecular formula is C22H18N2. The molecule has 0 unspecified atom stereocenters. The van der Waals surface area contributed by atoms with Crippen molar-refractivity contribution >= 4 is 16.6 Å². The zero-order valence-electron chi connectivity index (χ0n) is 13.5. The van der Waals surface area contributed by atoms with E-state index in [2.05, 4.69) is 55.5 Å². The first kappa shape index (κ1) is 14.5. The maximum absolute atomic E-state index is 5.81. The molecule has 2 nitrogen and oxygen atoms in total. The minimum Gasteiger partial charge on any atom is -0.399 e. The Balaban J connectivity index is 2.00. The van der Waals surface area contributed by atoms with Gasteiger partial charge < -0.3 is 5.73 Å². The zero-order valence-corrected chi connectivity index (χ0v) is 13.5. The van der Waals surface area contributed by atoms with Crippen molar-refractivity contribution in [2.45, 2.75) is 6.92 Å². The van der Waals surface area contributed by atoms with E-state index < -0.39 is 0 Å². The molecule has 4 aromatic rings. The van der Waals surface area contributed by atoms with Crippen molar-refractivity contribution in [1.29, 1.82) is 0 Å². The summed E-state index contributed by atoms with van der Waals surface area (Å²) in [5.41, 5.74) is 13.3. The Morgan fingerprint density at radius 3 is 2.25 bits per heavy atom. The Bertz CT molecular complexity index is 1000. The van der Waals surface area contributed by atoms with Crippen molar-refractivity contribution in [3.8, 4) is 22.4 Å². The summed E-state index contributed by atoms with van der Waals surface area (Å²) in [4.78, 5) is 4.86. The summed E-state index contributed by atoms with van der Waals surface area (Å²) in [5.74, 6) is 0. The first-order chi connectivity index (χ1) is 11.7. The first-order valence-corrected chi connectivity index (χ1v) is 8.03. The lowest BCUT2D eigenvalue weighted by atomic mass is 9.97. The molecule has 116 valence electrons. The maximum atomic E-state index is 5.81. The third-order valence-electron chi connectivity index (χ3n) is 4.26. The highest BCUT2D eigenvalue weighted by Crippen LogP contribution is 2.32. The zero-order chi connectivity index (χ0) is 16.5. The monoisotopic (exact) mass is 310 g/mol. The molecule has 0 radical (unpaired) electrons. The van der Waals surface area contributed by atoms with Gasteiger partial charge in [0.15, 0.2) is 0 Å².